The predicted octanol–water partition coefficient (Wildman–Crippen LogP) is 5.46. The number of benzene rings is 2. The van der Waals surface area contributed by atoms with Crippen LogP contribution in [0.25, 0.3) is 5.57 Å². The lowest BCUT2D eigenvalue weighted by Crippen LogP contribution is -1.92. The Morgan fingerprint density at radius 1 is 0.900 bits per heavy atom. The Bertz CT molecular complexity index is 561. The quantitative estimate of drug-likeness (QED) is 0.650. The molecule has 0 aromatic heterocycles. The monoisotopic (exact) mass is 264 g/mol. The lowest BCUT2D eigenvalue weighted by atomic mass is 10.00. The Hall–Kier alpha value is -1.82. The van der Waals surface area contributed by atoms with Crippen molar-refractivity contribution in [2.45, 2.75) is 39.5 Å². The number of rotatable bonds is 6. The van der Waals surface area contributed by atoms with Gasteiger partial charge in [-0.25, -0.2) is 0 Å². The fraction of sp³-hybridized carbons (Fsp3) is 0.300. The third-order valence-electron chi connectivity index (χ3n) is 3.78. The molecule has 0 heterocycles. The Balaban J connectivity index is 1.88. The maximum Gasteiger partial charge on any atom is -0.0231 e. The van der Waals surface area contributed by atoms with E-state index in [0.717, 1.165) is 24.8 Å². The van der Waals surface area contributed by atoms with Crippen LogP contribution in [0.4, 0.5) is 0 Å². The molecule has 0 aliphatic heterocycles. The second-order valence-electron chi connectivity index (χ2n) is 5.50. The molecule has 20 heavy (non-hydrogen) atoms. The zero-order chi connectivity index (χ0) is 14.4. The van der Waals surface area contributed by atoms with Crippen LogP contribution >= 0.6 is 0 Å². The van der Waals surface area contributed by atoms with Crippen molar-refractivity contribution in [2.75, 3.05) is 0 Å². The van der Waals surface area contributed by atoms with Crippen LogP contribution in [0.2, 0.25) is 0 Å². The maximum atomic E-state index is 4.01. The summed E-state index contributed by atoms with van der Waals surface area (Å²) in [5.74, 6) is 0. The highest BCUT2D eigenvalue weighted by Crippen LogP contribution is 2.15. The predicted molar refractivity (Wildman–Crippen MR) is 89.0 cm³/mol. The van der Waals surface area contributed by atoms with Crippen LogP contribution in [0.15, 0.2) is 55.1 Å². The van der Waals surface area contributed by atoms with Crippen LogP contribution in [0.1, 0.15) is 42.5 Å². The van der Waals surface area contributed by atoms with Gasteiger partial charge in [-0.05, 0) is 54.9 Å². The highest BCUT2D eigenvalue weighted by molar-refractivity contribution is 5.61. The molecule has 0 amide bonds. The van der Waals surface area contributed by atoms with Gasteiger partial charge in [0.2, 0.25) is 0 Å². The third-order valence-corrected chi connectivity index (χ3v) is 3.78. The SMILES string of the molecule is C=C(C)c1cccc(CCCc2ccc(CC)cc2)c1. The fourth-order valence-electron chi connectivity index (χ4n) is 2.43. The Morgan fingerprint density at radius 2 is 1.55 bits per heavy atom. The molecule has 0 saturated heterocycles. The first-order valence-electron chi connectivity index (χ1n) is 7.51. The molecule has 0 nitrogen and oxygen atoms in total. The molecule has 0 spiro atoms. The lowest BCUT2D eigenvalue weighted by molar-refractivity contribution is 0.820. The first kappa shape index (κ1) is 14.6. The van der Waals surface area contributed by atoms with Gasteiger partial charge in [-0.2, -0.15) is 0 Å². The number of hydrogen-bond acceptors (Lipinski definition) is 0. The molecular formula is C20H24. The van der Waals surface area contributed by atoms with Gasteiger partial charge >= 0.3 is 0 Å². The first-order valence-corrected chi connectivity index (χ1v) is 7.51. The Morgan fingerprint density at radius 3 is 2.20 bits per heavy atom. The van der Waals surface area contributed by atoms with E-state index in [2.05, 4.69) is 69.0 Å². The zero-order valence-electron chi connectivity index (χ0n) is 12.7. The van der Waals surface area contributed by atoms with Gasteiger partial charge in [-0.3, -0.25) is 0 Å². The summed E-state index contributed by atoms with van der Waals surface area (Å²) in [5, 5.41) is 0. The largest absolute Gasteiger partial charge is 0.0955 e. The molecule has 0 fully saturated rings. The van der Waals surface area contributed by atoms with Crippen molar-refractivity contribution >= 4 is 5.57 Å². The summed E-state index contributed by atoms with van der Waals surface area (Å²) in [6, 6.07) is 17.8. The van der Waals surface area contributed by atoms with Gasteiger partial charge in [0.05, 0.1) is 0 Å². The van der Waals surface area contributed by atoms with Crippen molar-refractivity contribution in [1.29, 1.82) is 0 Å². The lowest BCUT2D eigenvalue weighted by Gasteiger charge is -2.06. The van der Waals surface area contributed by atoms with Gasteiger partial charge in [0.1, 0.15) is 0 Å². The molecule has 2 aromatic carbocycles. The van der Waals surface area contributed by atoms with Crippen molar-refractivity contribution in [2.24, 2.45) is 0 Å². The summed E-state index contributed by atoms with van der Waals surface area (Å²) in [5.41, 5.74) is 6.67. The smallest absolute Gasteiger partial charge is 0.0231 e. The van der Waals surface area contributed by atoms with Gasteiger partial charge < -0.3 is 0 Å². The van der Waals surface area contributed by atoms with E-state index in [9.17, 15) is 0 Å². The van der Waals surface area contributed by atoms with E-state index in [1.807, 2.05) is 0 Å². The molecule has 0 radical (unpaired) electrons. The van der Waals surface area contributed by atoms with Crippen molar-refractivity contribution in [3.63, 3.8) is 0 Å². The molecule has 0 unspecified atom stereocenters. The van der Waals surface area contributed by atoms with Gasteiger partial charge in [0.25, 0.3) is 0 Å². The second-order valence-corrected chi connectivity index (χ2v) is 5.50. The summed E-state index contributed by atoms with van der Waals surface area (Å²) in [6.07, 6.45) is 4.61. The first-order chi connectivity index (χ1) is 9.69. The standard InChI is InChI=1S/C20H24/c1-4-17-11-13-18(14-12-17)7-5-8-19-9-6-10-20(15-19)16(2)3/h6,9-15H,2,4-5,7-8H2,1,3H3. The second kappa shape index (κ2) is 7.09. The molecule has 2 aromatic rings. The normalized spacial score (nSPS) is 10.5. The number of allylic oxidation sites excluding steroid dienone is 1. The number of hydrogen-bond donors (Lipinski definition) is 0. The highest BCUT2D eigenvalue weighted by atomic mass is 14.0. The van der Waals surface area contributed by atoms with Crippen LogP contribution < -0.4 is 0 Å². The van der Waals surface area contributed by atoms with E-state index >= 15 is 0 Å². The van der Waals surface area contributed by atoms with Crippen molar-refractivity contribution in [3.05, 3.63) is 77.4 Å². The molecule has 0 aliphatic carbocycles. The van der Waals surface area contributed by atoms with Crippen molar-refractivity contribution < 1.29 is 0 Å². The molecule has 104 valence electrons. The van der Waals surface area contributed by atoms with Crippen LogP contribution in [0.5, 0.6) is 0 Å². The van der Waals surface area contributed by atoms with Gasteiger partial charge in [-0.15, -0.1) is 0 Å². The minimum atomic E-state index is 1.12. The molecule has 0 aliphatic rings. The van der Waals surface area contributed by atoms with Crippen LogP contribution in [0.3, 0.4) is 0 Å². The summed E-state index contributed by atoms with van der Waals surface area (Å²) in [7, 11) is 0. The fourth-order valence-corrected chi connectivity index (χ4v) is 2.43. The molecule has 0 N–H and O–H groups in total. The van der Waals surface area contributed by atoms with Crippen molar-refractivity contribution in [3.8, 4) is 0 Å². The minimum absolute atomic E-state index is 1.12. The summed E-state index contributed by atoms with van der Waals surface area (Å²) < 4.78 is 0. The molecule has 0 saturated carbocycles. The van der Waals surface area contributed by atoms with Crippen molar-refractivity contribution in [1.82, 2.24) is 0 Å². The van der Waals surface area contributed by atoms with Crippen LogP contribution in [-0.4, -0.2) is 0 Å². The maximum absolute atomic E-state index is 4.01. The highest BCUT2D eigenvalue weighted by Gasteiger charge is 1.99. The van der Waals surface area contributed by atoms with Gasteiger partial charge in [0, 0.05) is 0 Å². The molecule has 0 bridgehead atoms. The molecule has 0 atom stereocenters. The molecule has 0 heteroatoms. The average molecular weight is 264 g/mol. The topological polar surface area (TPSA) is 0 Å². The van der Waals surface area contributed by atoms with E-state index in [0.29, 0.717) is 0 Å². The zero-order valence-corrected chi connectivity index (χ0v) is 12.7. The number of aryl methyl sites for hydroxylation is 3. The van der Waals surface area contributed by atoms with Crippen LogP contribution in [-0.2, 0) is 19.3 Å². The third kappa shape index (κ3) is 4.09. The van der Waals surface area contributed by atoms with Crippen LogP contribution in [0, 0.1) is 0 Å². The van der Waals surface area contributed by atoms with E-state index in [-0.39, 0.29) is 0 Å². The summed E-state index contributed by atoms with van der Waals surface area (Å²) >= 11 is 0. The summed E-state index contributed by atoms with van der Waals surface area (Å²) in [4.78, 5) is 0. The molecule has 2 rings (SSSR count). The average Bonchev–Trinajstić information content (AvgIpc) is 2.48. The van der Waals surface area contributed by atoms with Gasteiger partial charge in [0.15, 0.2) is 0 Å². The Labute approximate surface area is 123 Å². The van der Waals surface area contributed by atoms with E-state index in [1.54, 1.807) is 0 Å². The van der Waals surface area contributed by atoms with E-state index < -0.39 is 0 Å². The van der Waals surface area contributed by atoms with Gasteiger partial charge in [-0.1, -0.05) is 67.6 Å². The van der Waals surface area contributed by atoms with E-state index in [1.165, 1.54) is 28.7 Å². The minimum Gasteiger partial charge on any atom is -0.0955 e. The Kier molecular flexibility index (Phi) is 5.17. The van der Waals surface area contributed by atoms with E-state index in [4.69, 9.17) is 0 Å². The summed E-state index contributed by atoms with van der Waals surface area (Å²) in [6.45, 7) is 8.27. The molecular weight excluding hydrogens is 240 g/mol.